The number of ether oxygens (including phenoxy) is 1. The molecule has 2 amide bonds. The Kier molecular flexibility index (Phi) is 7.37. The van der Waals surface area contributed by atoms with Gasteiger partial charge in [-0.05, 0) is 53.1 Å². The van der Waals surface area contributed by atoms with Gasteiger partial charge < -0.3 is 15.0 Å². The topological polar surface area (TPSA) is 102 Å². The second-order valence-electron chi connectivity index (χ2n) is 11.7. The van der Waals surface area contributed by atoms with Gasteiger partial charge in [0.25, 0.3) is 5.91 Å². The van der Waals surface area contributed by atoms with Crippen molar-refractivity contribution in [2.45, 2.75) is 41.6 Å². The van der Waals surface area contributed by atoms with E-state index in [1.165, 1.54) is 0 Å². The van der Waals surface area contributed by atoms with Gasteiger partial charge in [0.1, 0.15) is 28.7 Å². The van der Waals surface area contributed by atoms with Crippen LogP contribution in [0.1, 0.15) is 42.4 Å². The molecule has 2 fully saturated rings. The van der Waals surface area contributed by atoms with E-state index in [2.05, 4.69) is 71.1 Å². The third kappa shape index (κ3) is 4.85. The van der Waals surface area contributed by atoms with Gasteiger partial charge in [0.05, 0.1) is 0 Å². The fourth-order valence-corrected chi connectivity index (χ4v) is 8.18. The summed E-state index contributed by atoms with van der Waals surface area (Å²) in [6.07, 6.45) is 0. The fourth-order valence-electron chi connectivity index (χ4n) is 6.55. The molecule has 1 N–H and O–H groups in total. The standard InChI is InChI=1S/C35H32N6O3S/c1-34(2)30(40-32(43)29(33(40)45-34)36-28(42)23-44-27-21-13-6-14-22-27)31-37-38-39-41(31)35(24-15-7-3-8-16-24,25-17-9-4-10-18-25)26-19-11-5-12-20-26/h3-22,29-30,33H,23H2,1-2H3,(H,36,42)/t29?,30?,33-/m0/s1. The van der Waals surface area contributed by atoms with Crippen LogP contribution in [0.25, 0.3) is 0 Å². The largest absolute Gasteiger partial charge is 0.484 e. The van der Waals surface area contributed by atoms with Crippen molar-refractivity contribution in [1.82, 2.24) is 30.4 Å². The molecule has 2 aliphatic heterocycles. The zero-order chi connectivity index (χ0) is 31.0. The maximum atomic E-state index is 13.8. The molecule has 10 heteroatoms. The lowest BCUT2D eigenvalue weighted by Crippen LogP contribution is -2.68. The van der Waals surface area contributed by atoms with Crippen LogP contribution in [0.5, 0.6) is 5.75 Å². The quantitative estimate of drug-likeness (QED) is 0.187. The number of thioether (sulfide) groups is 1. The van der Waals surface area contributed by atoms with Crippen molar-refractivity contribution in [3.05, 3.63) is 144 Å². The smallest absolute Gasteiger partial charge is 0.258 e. The minimum Gasteiger partial charge on any atom is -0.484 e. The van der Waals surface area contributed by atoms with Crippen LogP contribution >= 0.6 is 11.8 Å². The molecule has 5 aromatic rings. The average Bonchev–Trinajstić information content (AvgIpc) is 3.65. The van der Waals surface area contributed by atoms with Gasteiger partial charge in [-0.2, -0.15) is 0 Å². The molecule has 0 spiro atoms. The first-order chi connectivity index (χ1) is 21.9. The number of fused-ring (bicyclic) bond motifs is 1. The van der Waals surface area contributed by atoms with Crippen molar-refractivity contribution in [2.24, 2.45) is 0 Å². The number of amides is 2. The number of aromatic nitrogens is 4. The number of hydrogen-bond acceptors (Lipinski definition) is 7. The SMILES string of the molecule is CC1(C)S[C@H]2C(NC(=O)COc3ccccc3)C(=O)N2C1c1nnnn1C(c1ccccc1)(c1ccccc1)c1ccccc1. The monoisotopic (exact) mass is 616 g/mol. The summed E-state index contributed by atoms with van der Waals surface area (Å²) in [5.74, 6) is 0.642. The Morgan fingerprint density at radius 2 is 1.36 bits per heavy atom. The van der Waals surface area contributed by atoms with E-state index in [9.17, 15) is 9.59 Å². The first-order valence-corrected chi connectivity index (χ1v) is 15.7. The third-order valence-corrected chi connectivity index (χ3v) is 10.1. The number of carbonyl (C=O) groups excluding carboxylic acids is 2. The molecule has 2 aliphatic rings. The number of para-hydroxylation sites is 1. The van der Waals surface area contributed by atoms with E-state index in [1.807, 2.05) is 82.4 Å². The lowest BCUT2D eigenvalue weighted by atomic mass is 9.76. The molecule has 0 aliphatic carbocycles. The van der Waals surface area contributed by atoms with Crippen LogP contribution in [0.4, 0.5) is 0 Å². The Balaban J connectivity index is 1.27. The van der Waals surface area contributed by atoms with Crippen LogP contribution in [-0.4, -0.2) is 59.7 Å². The van der Waals surface area contributed by atoms with Crippen molar-refractivity contribution >= 4 is 23.6 Å². The highest BCUT2D eigenvalue weighted by molar-refractivity contribution is 8.01. The number of hydrogen-bond donors (Lipinski definition) is 1. The lowest BCUT2D eigenvalue weighted by molar-refractivity contribution is -0.152. The van der Waals surface area contributed by atoms with Crippen LogP contribution in [0.15, 0.2) is 121 Å². The van der Waals surface area contributed by atoms with E-state index in [0.717, 1.165) is 16.7 Å². The van der Waals surface area contributed by atoms with E-state index in [-0.39, 0.29) is 23.8 Å². The number of benzene rings is 4. The molecule has 3 atom stereocenters. The Bertz CT molecular complexity index is 1700. The van der Waals surface area contributed by atoms with E-state index in [1.54, 1.807) is 23.9 Å². The fraction of sp³-hybridized carbons (Fsp3) is 0.229. The molecule has 3 heterocycles. The predicted octanol–water partition coefficient (Wildman–Crippen LogP) is 4.81. The van der Waals surface area contributed by atoms with Gasteiger partial charge in [0.2, 0.25) is 5.91 Å². The molecule has 45 heavy (non-hydrogen) atoms. The van der Waals surface area contributed by atoms with Crippen molar-refractivity contribution in [1.29, 1.82) is 0 Å². The first kappa shape index (κ1) is 28.8. The second-order valence-corrected chi connectivity index (χ2v) is 13.4. The highest BCUT2D eigenvalue weighted by atomic mass is 32.2. The summed E-state index contributed by atoms with van der Waals surface area (Å²) in [7, 11) is 0. The highest BCUT2D eigenvalue weighted by Crippen LogP contribution is 2.57. The van der Waals surface area contributed by atoms with Crippen molar-refractivity contribution in [3.8, 4) is 5.75 Å². The minimum atomic E-state index is -0.933. The molecule has 0 saturated carbocycles. The molecule has 7 rings (SSSR count). The van der Waals surface area contributed by atoms with Gasteiger partial charge in [0.15, 0.2) is 12.4 Å². The zero-order valence-corrected chi connectivity index (χ0v) is 25.7. The highest BCUT2D eigenvalue weighted by Gasteiger charge is 2.64. The third-order valence-electron chi connectivity index (χ3n) is 8.50. The van der Waals surface area contributed by atoms with Crippen molar-refractivity contribution in [3.63, 3.8) is 0 Å². The number of rotatable bonds is 9. The molecule has 0 radical (unpaired) electrons. The molecule has 226 valence electrons. The average molecular weight is 617 g/mol. The summed E-state index contributed by atoms with van der Waals surface area (Å²) in [5.41, 5.74) is 2.01. The van der Waals surface area contributed by atoms with Gasteiger partial charge >= 0.3 is 0 Å². The van der Waals surface area contributed by atoms with Gasteiger partial charge in [-0.3, -0.25) is 9.59 Å². The maximum absolute atomic E-state index is 13.8. The Hall–Kier alpha value is -4.96. The van der Waals surface area contributed by atoms with E-state index < -0.39 is 22.4 Å². The van der Waals surface area contributed by atoms with Crippen LogP contribution in [0.2, 0.25) is 0 Å². The molecule has 2 saturated heterocycles. The van der Waals surface area contributed by atoms with Gasteiger partial charge in [-0.25, -0.2) is 4.68 Å². The van der Waals surface area contributed by atoms with Gasteiger partial charge in [-0.15, -0.1) is 16.9 Å². The molecule has 0 bridgehead atoms. The van der Waals surface area contributed by atoms with E-state index >= 15 is 0 Å². The molecular formula is C35H32N6O3S. The summed E-state index contributed by atoms with van der Waals surface area (Å²) in [6, 6.07) is 38.6. The van der Waals surface area contributed by atoms with Crippen molar-refractivity contribution < 1.29 is 14.3 Å². The molecule has 1 aromatic heterocycles. The number of tetrazole rings is 1. The summed E-state index contributed by atoms with van der Waals surface area (Å²) in [6.45, 7) is 4.02. The van der Waals surface area contributed by atoms with Crippen LogP contribution in [-0.2, 0) is 15.1 Å². The molecule has 2 unspecified atom stereocenters. The number of carbonyl (C=O) groups is 2. The number of nitrogens with zero attached hydrogens (tertiary/aromatic N) is 5. The molecule has 4 aromatic carbocycles. The van der Waals surface area contributed by atoms with Crippen LogP contribution < -0.4 is 10.1 Å². The van der Waals surface area contributed by atoms with Crippen LogP contribution in [0.3, 0.4) is 0 Å². The van der Waals surface area contributed by atoms with Crippen LogP contribution in [0, 0.1) is 0 Å². The normalized spacial score (nSPS) is 20.3. The van der Waals surface area contributed by atoms with E-state index in [4.69, 9.17) is 4.74 Å². The zero-order valence-electron chi connectivity index (χ0n) is 24.9. The number of nitrogens with one attached hydrogen (secondary N) is 1. The summed E-state index contributed by atoms with van der Waals surface area (Å²) in [4.78, 5) is 28.4. The van der Waals surface area contributed by atoms with Crippen molar-refractivity contribution in [2.75, 3.05) is 6.61 Å². The summed E-state index contributed by atoms with van der Waals surface area (Å²) >= 11 is 1.64. The summed E-state index contributed by atoms with van der Waals surface area (Å²) in [5, 5.41) is 16.2. The Labute approximate surface area is 265 Å². The molecular weight excluding hydrogens is 584 g/mol. The maximum Gasteiger partial charge on any atom is 0.258 e. The Morgan fingerprint density at radius 3 is 1.89 bits per heavy atom. The Morgan fingerprint density at radius 1 is 0.844 bits per heavy atom. The minimum absolute atomic E-state index is 0.171. The molecule has 9 nitrogen and oxygen atoms in total. The lowest BCUT2D eigenvalue weighted by Gasteiger charge is -2.45. The second kappa shape index (κ2) is 11.5. The van der Waals surface area contributed by atoms with Gasteiger partial charge in [0, 0.05) is 4.75 Å². The predicted molar refractivity (Wildman–Crippen MR) is 171 cm³/mol. The van der Waals surface area contributed by atoms with Gasteiger partial charge in [-0.1, -0.05) is 109 Å². The van der Waals surface area contributed by atoms with E-state index in [0.29, 0.717) is 11.6 Å². The number of β-lactam (4-membered cyclic amide) rings is 1. The summed E-state index contributed by atoms with van der Waals surface area (Å²) < 4.78 is 7.03. The first-order valence-electron chi connectivity index (χ1n) is 14.8.